The Hall–Kier alpha value is -16.5. The van der Waals surface area contributed by atoms with Crippen LogP contribution in [0.1, 0.15) is 0 Å². The first kappa shape index (κ1) is 80.1. The smallest absolute Gasteiger partial charge is 0.145 e. The number of para-hydroxylation sites is 21. The topological polar surface area (TPSA) is 125 Å². The first-order valence-electron chi connectivity index (χ1n) is 44.1. The van der Waals surface area contributed by atoms with E-state index in [0.717, 1.165) is 208 Å². The van der Waals surface area contributed by atoms with Crippen LogP contribution in [-0.2, 0) is 0 Å². The van der Waals surface area contributed by atoms with Crippen molar-refractivity contribution in [1.82, 2.24) is 66.9 Å². The minimum Gasteiger partial charge on any atom is -0.292 e. The molecule has 624 valence electrons. The molecule has 0 amide bonds. The van der Waals surface area contributed by atoms with Crippen molar-refractivity contribution in [2.75, 3.05) is 0 Å². The molecular formula is C115H79BIN14P. The van der Waals surface area contributed by atoms with Gasteiger partial charge in [0.2, 0.25) is 0 Å². The second-order valence-electron chi connectivity index (χ2n) is 31.8. The number of nitrogens with zero attached hydrogens (tertiary/aromatic N) is 14. The number of aromatic nitrogens is 14. The molecule has 0 aliphatic carbocycles. The van der Waals surface area contributed by atoms with Crippen LogP contribution in [0.3, 0.4) is 0 Å². The fourth-order valence-electron chi connectivity index (χ4n) is 17.8. The largest absolute Gasteiger partial charge is 0.292 e. The fraction of sp³-hybridized carbons (Fsp3) is 0. The molecule has 17 heteroatoms. The highest BCUT2D eigenvalue weighted by atomic mass is 127. The average molecular weight is 1830 g/mol. The van der Waals surface area contributed by atoms with E-state index in [4.69, 9.17) is 43.7 Å². The Labute approximate surface area is 779 Å². The van der Waals surface area contributed by atoms with Crippen molar-refractivity contribution < 1.29 is 0 Å². The Bertz CT molecular complexity index is 7840. The minimum atomic E-state index is -0.900. The Morgan fingerprint density at radius 2 is 0.288 bits per heavy atom. The Morgan fingerprint density at radius 1 is 0.167 bits per heavy atom. The Kier molecular flexibility index (Phi) is 22.0. The molecule has 18 aromatic carbocycles. The summed E-state index contributed by atoms with van der Waals surface area (Å²) in [5.74, 6) is 6.24. The van der Waals surface area contributed by atoms with Gasteiger partial charge in [-0.25, -0.2) is 34.9 Å². The molecule has 14 nitrogen and oxygen atoms in total. The van der Waals surface area contributed by atoms with Gasteiger partial charge in [0.05, 0.1) is 78.5 Å². The Balaban J connectivity index is 0.000000116. The van der Waals surface area contributed by atoms with Crippen molar-refractivity contribution in [1.29, 1.82) is 1.28 Å². The quantitative estimate of drug-likeness (QED) is 0.0569. The lowest BCUT2D eigenvalue weighted by atomic mass is 10.0. The normalized spacial score (nSPS) is 11.6. The molecule has 7 aromatic heterocycles. The summed E-state index contributed by atoms with van der Waals surface area (Å²) in [7, 11) is 4.83. The fourth-order valence-corrected chi connectivity index (χ4v) is 17.8. The number of halogens is 1. The summed E-state index contributed by atoms with van der Waals surface area (Å²) in [5.41, 5.74) is 31.2. The van der Waals surface area contributed by atoms with Gasteiger partial charge in [0.25, 0.3) is 0 Å². The van der Waals surface area contributed by atoms with Crippen molar-refractivity contribution in [3.05, 3.63) is 473 Å². The summed E-state index contributed by atoms with van der Waals surface area (Å²) in [4.78, 5) is 35.9. The second-order valence-corrected chi connectivity index (χ2v) is 33.7. The highest BCUT2D eigenvalue weighted by Crippen LogP contribution is 2.42. The van der Waals surface area contributed by atoms with Crippen molar-refractivity contribution in [3.8, 4) is 131 Å². The summed E-state index contributed by atoms with van der Waals surface area (Å²) in [6.45, 7) is 0. The van der Waals surface area contributed by atoms with Crippen molar-refractivity contribution in [2.45, 2.75) is 0 Å². The van der Waals surface area contributed by atoms with Crippen LogP contribution < -0.4 is 0 Å². The van der Waals surface area contributed by atoms with E-state index in [1.165, 1.54) is 0 Å². The minimum absolute atomic E-state index is 0.843. The van der Waals surface area contributed by atoms with Crippen molar-refractivity contribution >= 4 is 113 Å². The van der Waals surface area contributed by atoms with Gasteiger partial charge < -0.3 is 0 Å². The first-order valence-corrected chi connectivity index (χ1v) is 47.4. The molecule has 0 bridgehead atoms. The number of fused-ring (bicyclic) bond motifs is 7. The zero-order chi connectivity index (χ0) is 89.1. The zero-order valence-electron chi connectivity index (χ0n) is 72.2. The maximum absolute atomic E-state index is 6.41. The third-order valence-electron chi connectivity index (χ3n) is 23.8. The lowest BCUT2D eigenvalue weighted by molar-refractivity contribution is 1.09. The molecule has 0 aliphatic rings. The summed E-state index contributed by atoms with van der Waals surface area (Å²) in [6, 6.07) is 163. The second kappa shape index (κ2) is 36.3. The molecule has 0 saturated heterocycles. The third-order valence-corrected chi connectivity index (χ3v) is 23.8. The lowest BCUT2D eigenvalue weighted by Crippen LogP contribution is -2.02. The molecule has 1 atom stereocenters. The van der Waals surface area contributed by atoms with Crippen LogP contribution in [0.25, 0.3) is 208 Å². The Morgan fingerprint density at radius 3 is 0.439 bits per heavy atom. The lowest BCUT2D eigenvalue weighted by Gasteiger charge is -2.15. The van der Waals surface area contributed by atoms with Gasteiger partial charge in [0.1, 0.15) is 48.3 Å². The highest BCUT2D eigenvalue weighted by Gasteiger charge is 2.26. The van der Waals surface area contributed by atoms with Gasteiger partial charge in [-0.1, -0.05) is 307 Å². The number of hydrogen-bond acceptors (Lipinski definition) is 7. The van der Waals surface area contributed by atoms with E-state index in [9.17, 15) is 0 Å². The molecule has 0 N–H and O–H groups in total. The maximum Gasteiger partial charge on any atom is 0.145 e. The molecule has 0 saturated carbocycles. The van der Waals surface area contributed by atoms with Crippen molar-refractivity contribution in [3.63, 3.8) is 0 Å². The maximum atomic E-state index is 6.41. The highest BCUT2D eigenvalue weighted by molar-refractivity contribution is 14.2. The molecule has 0 aliphatic heterocycles. The van der Waals surface area contributed by atoms with Gasteiger partial charge in [-0.3, -0.25) is 32.0 Å². The predicted octanol–water partition coefficient (Wildman–Crippen LogP) is 28.9. The predicted molar refractivity (Wildman–Crippen MR) is 553 cm³/mol. The zero-order valence-corrected chi connectivity index (χ0v) is 74.2. The molecule has 0 spiro atoms. The van der Waals surface area contributed by atoms with Crippen LogP contribution in [0.4, 0.5) is 0 Å². The number of benzene rings is 18. The standard InChI is InChI=1S/C45H30N6.C38H26N4.C32H22N4.BHIP/c1-4-16-34(17-5-1)49-40-25-13-10-22-37(40)46-43(49)31-28-32(44-47-38-23-11-14-26-41(38)50(44)35-18-6-2-7-19-35)30-33(29-31)45-48-39-24-12-15-27-42(39)51(45)36-20-8-3-9-21-36;1-3-11-31(12-4-1)41-35-17-9-7-15-33(35)39-37(41)29-23-19-27(20-24-29)28-21-25-30(26-22-28)38-40-34-16-8-10-18-36(34)42(38)32-13-5-2-6-14-32;1-3-11-25(12-4-1)35-29-17-9-7-15-27(29)33-31(35)23-19-21-24(22-20-23)32-34-28-16-8-10-18-30(28)36(32)26-13-5-2-6-14-26;1-3-2/h1-30H;1-26H;1-22H;3H/i;;;3T. The molecular weight excluding hydrogens is 1750 g/mol. The monoisotopic (exact) mass is 1830 g/mol. The van der Waals surface area contributed by atoms with E-state index in [-0.39, 0.29) is 0 Å². The van der Waals surface area contributed by atoms with Gasteiger partial charge >= 0.3 is 0 Å². The number of hydrogen-bond donors (Lipinski definition) is 0. The van der Waals surface area contributed by atoms with Gasteiger partial charge in [-0.2, -0.15) is 0 Å². The molecule has 25 rings (SSSR count). The van der Waals surface area contributed by atoms with Crippen LogP contribution in [0.15, 0.2) is 473 Å². The van der Waals surface area contributed by atoms with Crippen LogP contribution in [0.5, 0.6) is 0 Å². The summed E-state index contributed by atoms with van der Waals surface area (Å²) >= 11 is 1.85. The molecule has 7 heterocycles. The van der Waals surface area contributed by atoms with E-state index >= 15 is 0 Å². The molecule has 1 unspecified atom stereocenters. The number of imidazole rings is 7. The van der Waals surface area contributed by atoms with E-state index in [1.807, 2.05) is 107 Å². The number of rotatable bonds is 15. The molecule has 0 fully saturated rings. The van der Waals surface area contributed by atoms with Crippen LogP contribution in [0.2, 0.25) is 0 Å². The molecule has 132 heavy (non-hydrogen) atoms. The van der Waals surface area contributed by atoms with E-state index in [2.05, 4.69) is 420 Å². The van der Waals surface area contributed by atoms with Crippen LogP contribution in [-0.4, -0.2) is 75.7 Å². The van der Waals surface area contributed by atoms with Crippen molar-refractivity contribution in [2.24, 2.45) is 0 Å². The molecule has 2 radical (unpaired) electrons. The summed E-state index contributed by atoms with van der Waals surface area (Å²) in [6.07, 6.45) is 0. The molecule has 25 aromatic rings. The van der Waals surface area contributed by atoms with Gasteiger partial charge in [-0.05, 0) is 199 Å². The van der Waals surface area contributed by atoms with Crippen LogP contribution in [0, 0.1) is 0 Å². The third kappa shape index (κ3) is 15.7. The SMILES string of the molecule is [3H]P([B])I.c1ccc(-n2c(-c3cc(-c4nc5ccccc5n4-c4ccccc4)cc(-c4nc5ccccc5n4-c4ccccc4)c3)nc3ccccc32)cc1.c1ccc(-n2c(-c3ccc(-c4ccc(-c5nc6ccccc6n5-c5ccccc5)cc4)cc3)nc3ccccc32)cc1.c1ccc(-n2c(-c3ccc(-c4nc5ccccc5n4-c4ccccc4)cc3)nc3ccccc32)cc1. The first-order chi connectivity index (χ1) is 65.7. The van der Waals surface area contributed by atoms with Crippen LogP contribution >= 0.6 is 28.1 Å². The van der Waals surface area contributed by atoms with Gasteiger partial charge in [-0.15, -0.1) is 6.05 Å². The van der Waals surface area contributed by atoms with E-state index in [0.29, 0.717) is 0 Å². The summed E-state index contributed by atoms with van der Waals surface area (Å²) < 4.78 is 22.1. The van der Waals surface area contributed by atoms with E-state index in [1.54, 1.807) is 0 Å². The van der Waals surface area contributed by atoms with Gasteiger partial charge in [0.15, 0.2) is 0 Å². The van der Waals surface area contributed by atoms with Gasteiger partial charge in [0, 0.05) is 78.8 Å². The average Bonchev–Trinajstić information content (AvgIpc) is 1.58. The van der Waals surface area contributed by atoms with E-state index < -0.39 is 6.05 Å². The summed E-state index contributed by atoms with van der Waals surface area (Å²) in [5, 5.41) is 0.